The Morgan fingerprint density at radius 3 is 1.86 bits per heavy atom. The summed E-state index contributed by atoms with van der Waals surface area (Å²) in [6, 6.07) is 0.447. The Balaban J connectivity index is 3.20. The molecule has 1 heteroatoms. The Morgan fingerprint density at radius 1 is 0.636 bits per heavy atom. The maximum atomic E-state index is 6.02. The van der Waals surface area contributed by atoms with Gasteiger partial charge in [-0.1, -0.05) is 83.1 Å². The number of unbranched alkanes of at least 4 members (excludes halogenated alkanes) is 8. The first kappa shape index (κ1) is 21.4. The van der Waals surface area contributed by atoms with E-state index in [1.807, 2.05) is 0 Å². The zero-order valence-corrected chi connectivity index (χ0v) is 15.4. The molecular weight excluding hydrogens is 266 g/mol. The Bertz CT molecular complexity index is 255. The largest absolute Gasteiger partial charge is 0.328 e. The maximum absolute atomic E-state index is 6.02. The van der Waals surface area contributed by atoms with Crippen LogP contribution in [0.5, 0.6) is 0 Å². The summed E-state index contributed by atoms with van der Waals surface area (Å²) in [6.07, 6.45) is 27.4. The molecule has 0 radical (unpaired) electrons. The molecule has 22 heavy (non-hydrogen) atoms. The molecule has 0 saturated heterocycles. The van der Waals surface area contributed by atoms with Gasteiger partial charge in [-0.3, -0.25) is 0 Å². The van der Waals surface area contributed by atoms with E-state index in [-0.39, 0.29) is 0 Å². The fraction of sp³-hybridized carbons (Fsp3) is 0.810. The molecule has 0 aromatic heterocycles. The van der Waals surface area contributed by atoms with E-state index in [0.29, 0.717) is 6.04 Å². The van der Waals surface area contributed by atoms with Gasteiger partial charge in [0.1, 0.15) is 0 Å². The molecule has 0 aromatic carbocycles. The molecule has 0 bridgehead atoms. The average Bonchev–Trinajstić information content (AvgIpc) is 2.51. The SMILES string of the molecule is CCCCC/C=C/C/C=C/CCCCCCCC(N)CCC. The summed E-state index contributed by atoms with van der Waals surface area (Å²) in [6.45, 7) is 4.48. The van der Waals surface area contributed by atoms with Crippen LogP contribution in [0.3, 0.4) is 0 Å². The number of hydrogen-bond acceptors (Lipinski definition) is 1. The molecule has 0 aliphatic carbocycles. The van der Waals surface area contributed by atoms with Crippen LogP contribution < -0.4 is 5.73 Å². The second-order valence-electron chi connectivity index (χ2n) is 6.57. The van der Waals surface area contributed by atoms with E-state index in [9.17, 15) is 0 Å². The summed E-state index contributed by atoms with van der Waals surface area (Å²) in [5.41, 5.74) is 6.02. The minimum Gasteiger partial charge on any atom is -0.328 e. The van der Waals surface area contributed by atoms with Crippen molar-refractivity contribution >= 4 is 0 Å². The van der Waals surface area contributed by atoms with Gasteiger partial charge in [-0.15, -0.1) is 0 Å². The Labute approximate surface area is 140 Å². The van der Waals surface area contributed by atoms with Gasteiger partial charge in [0.15, 0.2) is 0 Å². The van der Waals surface area contributed by atoms with E-state index < -0.39 is 0 Å². The summed E-state index contributed by atoms with van der Waals surface area (Å²) < 4.78 is 0. The molecule has 0 aromatic rings. The molecule has 130 valence electrons. The van der Waals surface area contributed by atoms with Gasteiger partial charge in [0.2, 0.25) is 0 Å². The lowest BCUT2D eigenvalue weighted by Crippen LogP contribution is -2.18. The van der Waals surface area contributed by atoms with E-state index in [0.717, 1.165) is 6.42 Å². The highest BCUT2D eigenvalue weighted by Gasteiger charge is 1.99. The van der Waals surface area contributed by atoms with Gasteiger partial charge < -0.3 is 5.73 Å². The first-order chi connectivity index (χ1) is 10.8. The monoisotopic (exact) mass is 307 g/mol. The van der Waals surface area contributed by atoms with Crippen LogP contribution >= 0.6 is 0 Å². The Morgan fingerprint density at radius 2 is 1.23 bits per heavy atom. The van der Waals surface area contributed by atoms with Gasteiger partial charge in [0.25, 0.3) is 0 Å². The fourth-order valence-electron chi connectivity index (χ4n) is 2.73. The maximum Gasteiger partial charge on any atom is 0.00387 e. The first-order valence-electron chi connectivity index (χ1n) is 9.86. The molecule has 0 amide bonds. The molecule has 0 heterocycles. The zero-order valence-electron chi connectivity index (χ0n) is 15.4. The Hall–Kier alpha value is -0.560. The molecular formula is C21H41N. The quantitative estimate of drug-likeness (QED) is 0.243. The molecule has 0 fully saturated rings. The zero-order chi connectivity index (χ0) is 16.3. The normalized spacial score (nSPS) is 13.4. The van der Waals surface area contributed by atoms with Crippen LogP contribution in [0.1, 0.15) is 104 Å². The second kappa shape index (κ2) is 18.5. The molecule has 0 spiro atoms. The van der Waals surface area contributed by atoms with Crippen molar-refractivity contribution in [3.63, 3.8) is 0 Å². The van der Waals surface area contributed by atoms with Gasteiger partial charge in [-0.2, -0.15) is 0 Å². The van der Waals surface area contributed by atoms with Crippen molar-refractivity contribution in [1.29, 1.82) is 0 Å². The predicted molar refractivity (Wildman–Crippen MR) is 102 cm³/mol. The summed E-state index contributed by atoms with van der Waals surface area (Å²) in [5, 5.41) is 0. The van der Waals surface area contributed by atoms with E-state index in [4.69, 9.17) is 5.73 Å². The van der Waals surface area contributed by atoms with Crippen molar-refractivity contribution in [3.8, 4) is 0 Å². The number of rotatable bonds is 16. The molecule has 1 nitrogen and oxygen atoms in total. The summed E-state index contributed by atoms with van der Waals surface area (Å²) in [7, 11) is 0. The van der Waals surface area contributed by atoms with Gasteiger partial charge >= 0.3 is 0 Å². The van der Waals surface area contributed by atoms with Crippen LogP contribution in [0.4, 0.5) is 0 Å². The van der Waals surface area contributed by atoms with Gasteiger partial charge in [-0.25, -0.2) is 0 Å². The minimum absolute atomic E-state index is 0.447. The molecule has 0 aliphatic heterocycles. The van der Waals surface area contributed by atoms with Crippen LogP contribution in [-0.4, -0.2) is 6.04 Å². The third-order valence-corrected chi connectivity index (χ3v) is 4.19. The average molecular weight is 308 g/mol. The van der Waals surface area contributed by atoms with E-state index in [2.05, 4.69) is 38.2 Å². The van der Waals surface area contributed by atoms with Crippen molar-refractivity contribution in [3.05, 3.63) is 24.3 Å². The van der Waals surface area contributed by atoms with Gasteiger partial charge in [0.05, 0.1) is 0 Å². The Kier molecular flexibility index (Phi) is 18.0. The van der Waals surface area contributed by atoms with E-state index >= 15 is 0 Å². The van der Waals surface area contributed by atoms with E-state index in [1.54, 1.807) is 0 Å². The highest BCUT2D eigenvalue weighted by atomic mass is 14.6. The first-order valence-corrected chi connectivity index (χ1v) is 9.86. The lowest BCUT2D eigenvalue weighted by Gasteiger charge is -2.09. The van der Waals surface area contributed by atoms with Crippen LogP contribution in [0.15, 0.2) is 24.3 Å². The molecule has 1 unspecified atom stereocenters. The van der Waals surface area contributed by atoms with Crippen LogP contribution in [-0.2, 0) is 0 Å². The van der Waals surface area contributed by atoms with Gasteiger partial charge in [-0.05, 0) is 44.9 Å². The second-order valence-corrected chi connectivity index (χ2v) is 6.57. The fourth-order valence-corrected chi connectivity index (χ4v) is 2.73. The third-order valence-electron chi connectivity index (χ3n) is 4.19. The highest BCUT2D eigenvalue weighted by Crippen LogP contribution is 2.10. The van der Waals surface area contributed by atoms with Crippen LogP contribution in [0.25, 0.3) is 0 Å². The van der Waals surface area contributed by atoms with E-state index in [1.165, 1.54) is 83.5 Å². The van der Waals surface area contributed by atoms with Crippen molar-refractivity contribution < 1.29 is 0 Å². The predicted octanol–water partition coefficient (Wildman–Crippen LogP) is 6.93. The summed E-state index contributed by atoms with van der Waals surface area (Å²) in [5.74, 6) is 0. The van der Waals surface area contributed by atoms with Crippen molar-refractivity contribution in [2.45, 2.75) is 110 Å². The summed E-state index contributed by atoms with van der Waals surface area (Å²) in [4.78, 5) is 0. The van der Waals surface area contributed by atoms with Crippen LogP contribution in [0.2, 0.25) is 0 Å². The van der Waals surface area contributed by atoms with Crippen LogP contribution in [0, 0.1) is 0 Å². The highest BCUT2D eigenvalue weighted by molar-refractivity contribution is 4.92. The molecule has 0 aliphatic rings. The van der Waals surface area contributed by atoms with Crippen molar-refractivity contribution in [1.82, 2.24) is 0 Å². The molecule has 2 N–H and O–H groups in total. The standard InChI is InChI=1S/C21H41N/c1-3-5-6-7-8-9-10-11-12-13-14-15-16-17-18-20-21(22)19-4-2/h8-9,11-12,21H,3-7,10,13-20,22H2,1-2H3/b9-8+,12-11+. The number of hydrogen-bond donors (Lipinski definition) is 1. The smallest absolute Gasteiger partial charge is 0.00387 e. The lowest BCUT2D eigenvalue weighted by atomic mass is 10.0. The summed E-state index contributed by atoms with van der Waals surface area (Å²) >= 11 is 0. The molecule has 1 atom stereocenters. The van der Waals surface area contributed by atoms with Crippen molar-refractivity contribution in [2.75, 3.05) is 0 Å². The minimum atomic E-state index is 0.447. The lowest BCUT2D eigenvalue weighted by molar-refractivity contribution is 0.510. The number of allylic oxidation sites excluding steroid dienone is 4. The van der Waals surface area contributed by atoms with Crippen molar-refractivity contribution in [2.24, 2.45) is 5.73 Å². The van der Waals surface area contributed by atoms with Gasteiger partial charge in [0, 0.05) is 6.04 Å². The topological polar surface area (TPSA) is 26.0 Å². The molecule has 0 saturated carbocycles. The third kappa shape index (κ3) is 17.5. The molecule has 0 rings (SSSR count). The number of nitrogens with two attached hydrogens (primary N) is 1.